The Hall–Kier alpha value is -2.23. The second-order valence-electron chi connectivity index (χ2n) is 6.01. The fourth-order valence-corrected chi connectivity index (χ4v) is 2.90. The van der Waals surface area contributed by atoms with E-state index in [1.165, 1.54) is 24.2 Å². The number of rotatable bonds is 5. The number of nitrogens with one attached hydrogen (secondary N) is 1. The highest BCUT2D eigenvalue weighted by molar-refractivity contribution is 5.92. The van der Waals surface area contributed by atoms with Crippen LogP contribution in [0.3, 0.4) is 0 Å². The number of aryl methyl sites for hydroxylation is 1. The Kier molecular flexibility index (Phi) is 3.92. The fraction of sp³-hybridized carbons (Fsp3) is 0.389. The Morgan fingerprint density at radius 3 is 2.86 bits per heavy atom. The van der Waals surface area contributed by atoms with Crippen molar-refractivity contribution in [3.8, 4) is 0 Å². The molecule has 0 bridgehead atoms. The zero-order valence-electron chi connectivity index (χ0n) is 13.3. The predicted molar refractivity (Wildman–Crippen MR) is 86.5 cm³/mol. The average Bonchev–Trinajstić information content (AvgIpc) is 3.06. The lowest BCUT2D eigenvalue weighted by molar-refractivity contribution is -0.117. The van der Waals surface area contributed by atoms with Crippen LogP contribution in [0.5, 0.6) is 0 Å². The highest BCUT2D eigenvalue weighted by Crippen LogP contribution is 2.38. The van der Waals surface area contributed by atoms with E-state index in [0.29, 0.717) is 6.04 Å². The zero-order chi connectivity index (χ0) is 15.7. The van der Waals surface area contributed by atoms with E-state index in [4.69, 9.17) is 4.42 Å². The number of amides is 1. The van der Waals surface area contributed by atoms with E-state index < -0.39 is 0 Å². The topological polar surface area (TPSA) is 47.2 Å². The third-order valence-corrected chi connectivity index (χ3v) is 4.18. The molecule has 0 radical (unpaired) electrons. The summed E-state index contributed by atoms with van der Waals surface area (Å²) in [6, 6.07) is 6.35. The Morgan fingerprint density at radius 1 is 1.45 bits per heavy atom. The lowest BCUT2D eigenvalue weighted by Gasteiger charge is -2.09. The Morgan fingerprint density at radius 2 is 2.23 bits per heavy atom. The second kappa shape index (κ2) is 5.87. The molecule has 0 spiro atoms. The first-order valence-electron chi connectivity index (χ1n) is 7.76. The van der Waals surface area contributed by atoms with Crippen LogP contribution in [0.1, 0.15) is 54.6 Å². The van der Waals surface area contributed by atoms with Crippen LogP contribution in [0.25, 0.3) is 6.08 Å². The maximum Gasteiger partial charge on any atom is 0.244 e. The van der Waals surface area contributed by atoms with Crippen LogP contribution in [0.2, 0.25) is 0 Å². The van der Waals surface area contributed by atoms with E-state index in [2.05, 4.69) is 29.8 Å². The van der Waals surface area contributed by atoms with Crippen molar-refractivity contribution in [1.82, 2.24) is 9.88 Å². The van der Waals surface area contributed by atoms with Crippen molar-refractivity contribution in [2.45, 2.75) is 45.7 Å². The summed E-state index contributed by atoms with van der Waals surface area (Å²) in [6.45, 7) is 6.15. The quantitative estimate of drug-likeness (QED) is 0.850. The second-order valence-corrected chi connectivity index (χ2v) is 6.01. The summed E-state index contributed by atoms with van der Waals surface area (Å²) in [5.41, 5.74) is 3.62. The van der Waals surface area contributed by atoms with Crippen LogP contribution >= 0.6 is 0 Å². The molecule has 0 saturated heterocycles. The third-order valence-electron chi connectivity index (χ3n) is 4.18. The molecule has 1 amide bonds. The number of hydrogen-bond donors (Lipinski definition) is 1. The van der Waals surface area contributed by atoms with Crippen LogP contribution in [-0.2, 0) is 4.79 Å². The minimum atomic E-state index is -0.133. The van der Waals surface area contributed by atoms with E-state index in [0.717, 1.165) is 11.3 Å². The Bertz CT molecular complexity index is 691. The maximum atomic E-state index is 12.0. The number of nitrogens with zero attached hydrogens (tertiary/aromatic N) is 1. The van der Waals surface area contributed by atoms with Gasteiger partial charge in [-0.2, -0.15) is 0 Å². The standard InChI is InChI=1S/C18H22N2O2/c1-12-11-15(14(3)20(12)16-7-8-16)6-9-18(21)19-13(2)17-5-4-10-22-17/h4-6,9-11,13,16H,7-8H2,1-3H3,(H,19,21)/b9-6+/t13-/m0/s1. The maximum absolute atomic E-state index is 12.0. The third kappa shape index (κ3) is 3.01. The van der Waals surface area contributed by atoms with Gasteiger partial charge in [-0.15, -0.1) is 0 Å². The van der Waals surface area contributed by atoms with Gasteiger partial charge >= 0.3 is 0 Å². The van der Waals surface area contributed by atoms with Crippen molar-refractivity contribution in [1.29, 1.82) is 0 Å². The molecule has 3 rings (SSSR count). The fourth-order valence-electron chi connectivity index (χ4n) is 2.90. The van der Waals surface area contributed by atoms with Gasteiger partial charge in [0.2, 0.25) is 5.91 Å². The van der Waals surface area contributed by atoms with Crippen molar-refractivity contribution in [3.63, 3.8) is 0 Å². The smallest absolute Gasteiger partial charge is 0.244 e. The number of carbonyl (C=O) groups is 1. The zero-order valence-corrected chi connectivity index (χ0v) is 13.3. The van der Waals surface area contributed by atoms with Gasteiger partial charge in [0.25, 0.3) is 0 Å². The molecule has 2 aromatic heterocycles. The molecule has 4 nitrogen and oxygen atoms in total. The Balaban J connectivity index is 1.66. The van der Waals surface area contributed by atoms with E-state index >= 15 is 0 Å². The van der Waals surface area contributed by atoms with Gasteiger partial charge in [0.1, 0.15) is 5.76 Å². The first-order chi connectivity index (χ1) is 10.6. The normalized spacial score (nSPS) is 16.1. The lowest BCUT2D eigenvalue weighted by atomic mass is 10.2. The summed E-state index contributed by atoms with van der Waals surface area (Å²) in [5.74, 6) is 0.647. The van der Waals surface area contributed by atoms with Crippen molar-refractivity contribution >= 4 is 12.0 Å². The van der Waals surface area contributed by atoms with Crippen molar-refractivity contribution in [2.24, 2.45) is 0 Å². The molecule has 2 heterocycles. The van der Waals surface area contributed by atoms with Crippen LogP contribution in [0.4, 0.5) is 0 Å². The molecule has 2 aromatic rings. The van der Waals surface area contributed by atoms with Gasteiger partial charge < -0.3 is 14.3 Å². The number of hydrogen-bond acceptors (Lipinski definition) is 2. The van der Waals surface area contributed by atoms with Crippen molar-refractivity contribution < 1.29 is 9.21 Å². The van der Waals surface area contributed by atoms with Crippen molar-refractivity contribution in [3.05, 3.63) is 53.2 Å². The van der Waals surface area contributed by atoms with Gasteiger partial charge in [0.15, 0.2) is 0 Å². The summed E-state index contributed by atoms with van der Waals surface area (Å²) in [7, 11) is 0. The Labute approximate surface area is 130 Å². The van der Waals surface area contributed by atoms with Crippen LogP contribution in [0, 0.1) is 13.8 Å². The van der Waals surface area contributed by atoms with Gasteiger partial charge in [-0.3, -0.25) is 4.79 Å². The minimum Gasteiger partial charge on any atom is -0.467 e. The summed E-state index contributed by atoms with van der Waals surface area (Å²) < 4.78 is 7.67. The molecule has 1 N–H and O–H groups in total. The van der Waals surface area contributed by atoms with Crippen LogP contribution in [0.15, 0.2) is 35.0 Å². The van der Waals surface area contributed by atoms with E-state index in [1.807, 2.05) is 25.1 Å². The molecule has 1 fully saturated rings. The number of carbonyl (C=O) groups excluding carboxylic acids is 1. The monoisotopic (exact) mass is 298 g/mol. The van der Waals surface area contributed by atoms with Crippen LogP contribution in [-0.4, -0.2) is 10.5 Å². The number of furan rings is 1. The molecular weight excluding hydrogens is 276 g/mol. The first-order valence-corrected chi connectivity index (χ1v) is 7.76. The summed E-state index contributed by atoms with van der Waals surface area (Å²) >= 11 is 0. The van der Waals surface area contributed by atoms with E-state index in [9.17, 15) is 4.79 Å². The van der Waals surface area contributed by atoms with Gasteiger partial charge in [-0.25, -0.2) is 0 Å². The minimum absolute atomic E-state index is 0.111. The molecule has 1 aliphatic carbocycles. The highest BCUT2D eigenvalue weighted by Gasteiger charge is 2.26. The van der Waals surface area contributed by atoms with Gasteiger partial charge in [0.05, 0.1) is 12.3 Å². The lowest BCUT2D eigenvalue weighted by Crippen LogP contribution is -2.24. The molecule has 0 aromatic carbocycles. The molecule has 1 saturated carbocycles. The van der Waals surface area contributed by atoms with Crippen LogP contribution < -0.4 is 5.32 Å². The molecule has 116 valence electrons. The number of aromatic nitrogens is 1. The van der Waals surface area contributed by atoms with Gasteiger partial charge in [-0.1, -0.05) is 0 Å². The predicted octanol–water partition coefficient (Wildman–Crippen LogP) is 3.92. The van der Waals surface area contributed by atoms with Crippen molar-refractivity contribution in [2.75, 3.05) is 0 Å². The summed E-state index contributed by atoms with van der Waals surface area (Å²) in [4.78, 5) is 12.0. The average molecular weight is 298 g/mol. The molecule has 1 aliphatic rings. The molecule has 22 heavy (non-hydrogen) atoms. The molecule has 1 atom stereocenters. The van der Waals surface area contributed by atoms with Gasteiger partial charge in [-0.05, 0) is 63.5 Å². The summed E-state index contributed by atoms with van der Waals surface area (Å²) in [6.07, 6.45) is 7.63. The summed E-state index contributed by atoms with van der Waals surface area (Å²) in [5, 5.41) is 2.90. The molecular formula is C18H22N2O2. The molecule has 0 unspecified atom stereocenters. The van der Waals surface area contributed by atoms with Gasteiger partial charge in [0, 0.05) is 23.5 Å². The van der Waals surface area contributed by atoms with E-state index in [1.54, 1.807) is 12.3 Å². The largest absolute Gasteiger partial charge is 0.467 e. The highest BCUT2D eigenvalue weighted by atomic mass is 16.3. The van der Waals surface area contributed by atoms with E-state index in [-0.39, 0.29) is 11.9 Å². The first kappa shape index (κ1) is 14.7. The SMILES string of the molecule is Cc1cc(/C=C/C(=O)N[C@@H](C)c2ccco2)c(C)n1C1CC1. The molecule has 4 heteroatoms. The molecule has 0 aliphatic heterocycles.